The van der Waals surface area contributed by atoms with E-state index >= 15 is 0 Å². The first-order valence-electron chi connectivity index (χ1n) is 5.37. The maximum absolute atomic E-state index is 5.48. The van der Waals surface area contributed by atoms with E-state index in [0.717, 1.165) is 25.3 Å². The average Bonchev–Trinajstić information content (AvgIpc) is 2.29. The van der Waals surface area contributed by atoms with E-state index in [-0.39, 0.29) is 0 Å². The van der Waals surface area contributed by atoms with E-state index in [1.54, 1.807) is 0 Å². The van der Waals surface area contributed by atoms with Crippen LogP contribution in [0.15, 0.2) is 24.4 Å². The lowest BCUT2D eigenvalue weighted by Crippen LogP contribution is -2.37. The van der Waals surface area contributed by atoms with Crippen LogP contribution in [0.2, 0.25) is 0 Å². The fourth-order valence-corrected chi connectivity index (χ4v) is 1.21. The van der Waals surface area contributed by atoms with Crippen LogP contribution >= 0.6 is 0 Å². The van der Waals surface area contributed by atoms with Gasteiger partial charge in [0.05, 0.1) is 5.69 Å². The summed E-state index contributed by atoms with van der Waals surface area (Å²) in [7, 11) is 0. The SMILES string of the molecule is CC(CN)NCCNCc1ccccn1. The number of nitrogens with zero attached hydrogens (tertiary/aromatic N) is 1. The van der Waals surface area contributed by atoms with Crippen molar-refractivity contribution in [1.29, 1.82) is 0 Å². The highest BCUT2D eigenvalue weighted by Crippen LogP contribution is 1.90. The fourth-order valence-electron chi connectivity index (χ4n) is 1.21. The Morgan fingerprint density at radius 2 is 2.27 bits per heavy atom. The molecule has 4 nitrogen and oxygen atoms in total. The number of nitrogens with one attached hydrogen (secondary N) is 2. The number of rotatable bonds is 7. The van der Waals surface area contributed by atoms with Gasteiger partial charge in [-0.1, -0.05) is 6.07 Å². The van der Waals surface area contributed by atoms with Crippen LogP contribution in [-0.4, -0.2) is 30.7 Å². The summed E-state index contributed by atoms with van der Waals surface area (Å²) < 4.78 is 0. The quantitative estimate of drug-likeness (QED) is 0.556. The molecule has 1 heterocycles. The van der Waals surface area contributed by atoms with Crippen molar-refractivity contribution in [2.45, 2.75) is 19.5 Å². The molecule has 1 aromatic rings. The van der Waals surface area contributed by atoms with Crippen LogP contribution in [0, 0.1) is 0 Å². The van der Waals surface area contributed by atoms with Crippen LogP contribution in [0.4, 0.5) is 0 Å². The molecule has 0 aliphatic carbocycles. The van der Waals surface area contributed by atoms with Crippen molar-refractivity contribution in [3.63, 3.8) is 0 Å². The van der Waals surface area contributed by atoms with Gasteiger partial charge >= 0.3 is 0 Å². The highest BCUT2D eigenvalue weighted by Gasteiger charge is 1.96. The number of nitrogens with two attached hydrogens (primary N) is 1. The Balaban J connectivity index is 2.03. The molecule has 0 fully saturated rings. The summed E-state index contributed by atoms with van der Waals surface area (Å²) in [6, 6.07) is 6.33. The molecule has 0 saturated heterocycles. The van der Waals surface area contributed by atoms with Crippen molar-refractivity contribution in [3.8, 4) is 0 Å². The average molecular weight is 208 g/mol. The first kappa shape index (κ1) is 12.1. The molecule has 4 N–H and O–H groups in total. The molecule has 0 amide bonds. The fraction of sp³-hybridized carbons (Fsp3) is 0.545. The standard InChI is InChI=1S/C11H20N4/c1-10(8-12)14-7-6-13-9-11-4-2-3-5-15-11/h2-5,10,13-14H,6-9,12H2,1H3. The van der Waals surface area contributed by atoms with Crippen LogP contribution in [0.3, 0.4) is 0 Å². The normalized spacial score (nSPS) is 12.7. The molecule has 0 aromatic carbocycles. The molecule has 1 rings (SSSR count). The van der Waals surface area contributed by atoms with Gasteiger partial charge in [0.15, 0.2) is 0 Å². The summed E-state index contributed by atoms with van der Waals surface area (Å²) >= 11 is 0. The van der Waals surface area contributed by atoms with E-state index in [9.17, 15) is 0 Å². The summed E-state index contributed by atoms with van der Waals surface area (Å²) in [5.41, 5.74) is 6.56. The summed E-state index contributed by atoms with van der Waals surface area (Å²) in [6.45, 7) is 5.45. The lowest BCUT2D eigenvalue weighted by molar-refractivity contribution is 0.532. The minimum atomic E-state index is 0.390. The van der Waals surface area contributed by atoms with Gasteiger partial charge in [-0.25, -0.2) is 0 Å². The highest BCUT2D eigenvalue weighted by atomic mass is 15.0. The molecule has 0 aliphatic rings. The van der Waals surface area contributed by atoms with Crippen molar-refractivity contribution >= 4 is 0 Å². The minimum absolute atomic E-state index is 0.390. The second-order valence-electron chi connectivity index (χ2n) is 3.59. The van der Waals surface area contributed by atoms with Gasteiger partial charge in [-0.05, 0) is 19.1 Å². The van der Waals surface area contributed by atoms with Crippen LogP contribution in [0.5, 0.6) is 0 Å². The van der Waals surface area contributed by atoms with E-state index in [0.29, 0.717) is 12.6 Å². The Morgan fingerprint density at radius 3 is 2.93 bits per heavy atom. The van der Waals surface area contributed by atoms with Crippen molar-refractivity contribution in [1.82, 2.24) is 15.6 Å². The van der Waals surface area contributed by atoms with E-state index in [1.165, 1.54) is 0 Å². The topological polar surface area (TPSA) is 63.0 Å². The smallest absolute Gasteiger partial charge is 0.0541 e. The monoisotopic (exact) mass is 208 g/mol. The number of hydrogen-bond donors (Lipinski definition) is 3. The van der Waals surface area contributed by atoms with Gasteiger partial charge in [0.1, 0.15) is 0 Å². The molecule has 84 valence electrons. The zero-order valence-corrected chi connectivity index (χ0v) is 9.24. The van der Waals surface area contributed by atoms with Crippen molar-refractivity contribution in [2.75, 3.05) is 19.6 Å². The summed E-state index contributed by atoms with van der Waals surface area (Å²) in [5.74, 6) is 0. The van der Waals surface area contributed by atoms with E-state index in [2.05, 4.69) is 22.5 Å². The molecule has 15 heavy (non-hydrogen) atoms. The molecule has 0 saturated carbocycles. The van der Waals surface area contributed by atoms with Gasteiger partial charge in [-0.3, -0.25) is 4.98 Å². The van der Waals surface area contributed by atoms with Crippen LogP contribution in [-0.2, 0) is 6.54 Å². The number of pyridine rings is 1. The lowest BCUT2D eigenvalue weighted by atomic mass is 10.3. The van der Waals surface area contributed by atoms with Gasteiger partial charge in [-0.15, -0.1) is 0 Å². The molecule has 1 unspecified atom stereocenters. The van der Waals surface area contributed by atoms with E-state index in [4.69, 9.17) is 5.73 Å². The Kier molecular flexibility index (Phi) is 5.92. The zero-order chi connectivity index (χ0) is 10.9. The summed E-state index contributed by atoms with van der Waals surface area (Å²) in [6.07, 6.45) is 1.81. The summed E-state index contributed by atoms with van der Waals surface area (Å²) in [5, 5.41) is 6.63. The molecule has 0 bridgehead atoms. The van der Waals surface area contributed by atoms with Crippen LogP contribution < -0.4 is 16.4 Å². The molecule has 4 heteroatoms. The van der Waals surface area contributed by atoms with Crippen LogP contribution in [0.1, 0.15) is 12.6 Å². The van der Waals surface area contributed by atoms with Gasteiger partial charge < -0.3 is 16.4 Å². The molecular weight excluding hydrogens is 188 g/mol. The van der Waals surface area contributed by atoms with Crippen molar-refractivity contribution in [3.05, 3.63) is 30.1 Å². The minimum Gasteiger partial charge on any atom is -0.329 e. The summed E-state index contributed by atoms with van der Waals surface area (Å²) in [4.78, 5) is 4.22. The largest absolute Gasteiger partial charge is 0.329 e. The van der Waals surface area contributed by atoms with E-state index < -0.39 is 0 Å². The predicted octanol–water partition coefficient (Wildman–Crippen LogP) is 0.108. The van der Waals surface area contributed by atoms with Gasteiger partial charge in [0.2, 0.25) is 0 Å². The second kappa shape index (κ2) is 7.34. The highest BCUT2D eigenvalue weighted by molar-refractivity contribution is 5.02. The maximum Gasteiger partial charge on any atom is 0.0541 e. The molecule has 1 aromatic heterocycles. The van der Waals surface area contributed by atoms with E-state index in [1.807, 2.05) is 24.4 Å². The van der Waals surface area contributed by atoms with Crippen LogP contribution in [0.25, 0.3) is 0 Å². The molecular formula is C11H20N4. The van der Waals surface area contributed by atoms with Gasteiger partial charge in [0, 0.05) is 38.4 Å². The third kappa shape index (κ3) is 5.47. The Hall–Kier alpha value is -0.970. The third-order valence-electron chi connectivity index (χ3n) is 2.18. The maximum atomic E-state index is 5.48. The predicted molar refractivity (Wildman–Crippen MR) is 62.5 cm³/mol. The second-order valence-corrected chi connectivity index (χ2v) is 3.59. The van der Waals surface area contributed by atoms with Gasteiger partial charge in [0.25, 0.3) is 0 Å². The van der Waals surface area contributed by atoms with Gasteiger partial charge in [-0.2, -0.15) is 0 Å². The first-order chi connectivity index (χ1) is 7.33. The van der Waals surface area contributed by atoms with Crippen molar-refractivity contribution in [2.24, 2.45) is 5.73 Å². The lowest BCUT2D eigenvalue weighted by Gasteiger charge is -2.11. The van der Waals surface area contributed by atoms with Crippen molar-refractivity contribution < 1.29 is 0 Å². The molecule has 0 radical (unpaired) electrons. The zero-order valence-electron chi connectivity index (χ0n) is 9.24. The Labute approximate surface area is 91.3 Å². The molecule has 1 atom stereocenters. The number of hydrogen-bond acceptors (Lipinski definition) is 4. The Morgan fingerprint density at radius 1 is 1.40 bits per heavy atom. The third-order valence-corrected chi connectivity index (χ3v) is 2.18. The molecule has 0 aliphatic heterocycles. The number of aromatic nitrogens is 1. The Bertz CT molecular complexity index is 250. The molecule has 0 spiro atoms. The first-order valence-corrected chi connectivity index (χ1v) is 5.37.